The molecular formula is C16H24N2O3. The average molecular weight is 292 g/mol. The summed E-state index contributed by atoms with van der Waals surface area (Å²) < 4.78 is 10.8. The minimum atomic E-state index is -0.357. The summed E-state index contributed by atoms with van der Waals surface area (Å²) >= 11 is 0. The van der Waals surface area contributed by atoms with E-state index in [4.69, 9.17) is 9.47 Å². The van der Waals surface area contributed by atoms with Crippen molar-refractivity contribution in [3.05, 3.63) is 18.2 Å². The Balaban J connectivity index is 2.10. The molecule has 5 nitrogen and oxygen atoms in total. The van der Waals surface area contributed by atoms with Gasteiger partial charge in [-0.25, -0.2) is 0 Å². The van der Waals surface area contributed by atoms with Gasteiger partial charge in [0.05, 0.1) is 19.1 Å². The van der Waals surface area contributed by atoms with E-state index in [-0.39, 0.29) is 11.3 Å². The van der Waals surface area contributed by atoms with Crippen LogP contribution in [0.5, 0.6) is 11.5 Å². The van der Waals surface area contributed by atoms with Gasteiger partial charge in [-0.3, -0.25) is 4.79 Å². The van der Waals surface area contributed by atoms with Crippen molar-refractivity contribution in [3.8, 4) is 11.5 Å². The summed E-state index contributed by atoms with van der Waals surface area (Å²) in [5.41, 5.74) is 0.372. The monoisotopic (exact) mass is 292 g/mol. The molecule has 1 aromatic carbocycles. The first kappa shape index (κ1) is 15.6. The number of nitrogens with one attached hydrogen (secondary N) is 2. The van der Waals surface area contributed by atoms with Gasteiger partial charge in [0, 0.05) is 18.3 Å². The van der Waals surface area contributed by atoms with Crippen molar-refractivity contribution in [1.29, 1.82) is 0 Å². The van der Waals surface area contributed by atoms with Gasteiger partial charge in [0.25, 0.3) is 0 Å². The molecule has 1 fully saturated rings. The van der Waals surface area contributed by atoms with E-state index in [1.807, 2.05) is 26.0 Å². The Bertz CT molecular complexity index is 496. The third-order valence-corrected chi connectivity index (χ3v) is 3.87. The molecule has 1 aliphatic heterocycles. The molecule has 1 aliphatic rings. The van der Waals surface area contributed by atoms with Gasteiger partial charge in [-0.05, 0) is 45.4 Å². The van der Waals surface area contributed by atoms with Crippen LogP contribution < -0.4 is 20.1 Å². The SMILES string of the molecule is CCOc1ccc(NC(=O)C2(C)CCCNC2)cc1OC. The molecule has 0 radical (unpaired) electrons. The van der Waals surface area contributed by atoms with E-state index in [1.165, 1.54) is 0 Å². The van der Waals surface area contributed by atoms with Crippen LogP contribution in [-0.4, -0.2) is 32.7 Å². The lowest BCUT2D eigenvalue weighted by molar-refractivity contribution is -0.125. The van der Waals surface area contributed by atoms with E-state index in [1.54, 1.807) is 13.2 Å². The fourth-order valence-electron chi connectivity index (χ4n) is 2.55. The molecule has 1 heterocycles. The fourth-order valence-corrected chi connectivity index (χ4v) is 2.55. The predicted molar refractivity (Wildman–Crippen MR) is 83.0 cm³/mol. The summed E-state index contributed by atoms with van der Waals surface area (Å²) in [7, 11) is 1.59. The minimum Gasteiger partial charge on any atom is -0.493 e. The standard InChI is InChI=1S/C16H24N2O3/c1-4-21-13-7-6-12(10-14(13)20-3)18-15(19)16(2)8-5-9-17-11-16/h6-7,10,17H,4-5,8-9,11H2,1-3H3,(H,18,19). The molecule has 0 aromatic heterocycles. The number of rotatable bonds is 5. The summed E-state index contributed by atoms with van der Waals surface area (Å²) in [4.78, 5) is 12.5. The van der Waals surface area contributed by atoms with Gasteiger partial charge in [0.2, 0.25) is 5.91 Å². The highest BCUT2D eigenvalue weighted by Gasteiger charge is 2.34. The first-order chi connectivity index (χ1) is 10.1. The number of methoxy groups -OCH3 is 1. The van der Waals surface area contributed by atoms with Crippen molar-refractivity contribution in [1.82, 2.24) is 5.32 Å². The minimum absolute atomic E-state index is 0.0425. The topological polar surface area (TPSA) is 59.6 Å². The second-order valence-electron chi connectivity index (χ2n) is 5.59. The second kappa shape index (κ2) is 6.80. The maximum atomic E-state index is 12.5. The van der Waals surface area contributed by atoms with Crippen LogP contribution in [0.15, 0.2) is 18.2 Å². The smallest absolute Gasteiger partial charge is 0.231 e. The molecule has 1 aromatic rings. The van der Waals surface area contributed by atoms with Crippen LogP contribution in [0.25, 0.3) is 0 Å². The van der Waals surface area contributed by atoms with Crippen LogP contribution in [0, 0.1) is 5.41 Å². The van der Waals surface area contributed by atoms with Crippen LogP contribution >= 0.6 is 0 Å². The van der Waals surface area contributed by atoms with Crippen LogP contribution in [0.3, 0.4) is 0 Å². The first-order valence-electron chi connectivity index (χ1n) is 7.42. The van der Waals surface area contributed by atoms with Gasteiger partial charge in [-0.1, -0.05) is 0 Å². The Morgan fingerprint density at radius 2 is 2.24 bits per heavy atom. The van der Waals surface area contributed by atoms with Crippen molar-refractivity contribution in [3.63, 3.8) is 0 Å². The van der Waals surface area contributed by atoms with Crippen molar-refractivity contribution in [2.24, 2.45) is 5.41 Å². The normalized spacial score (nSPS) is 21.7. The van der Waals surface area contributed by atoms with Gasteiger partial charge in [0.1, 0.15) is 0 Å². The maximum absolute atomic E-state index is 12.5. The van der Waals surface area contributed by atoms with Crippen molar-refractivity contribution >= 4 is 11.6 Å². The maximum Gasteiger partial charge on any atom is 0.231 e. The molecule has 0 spiro atoms. The average Bonchev–Trinajstić information content (AvgIpc) is 2.49. The van der Waals surface area contributed by atoms with Crippen molar-refractivity contribution in [2.45, 2.75) is 26.7 Å². The van der Waals surface area contributed by atoms with Crippen molar-refractivity contribution in [2.75, 3.05) is 32.1 Å². The first-order valence-corrected chi connectivity index (χ1v) is 7.42. The predicted octanol–water partition coefficient (Wildman–Crippen LogP) is 2.42. The largest absolute Gasteiger partial charge is 0.493 e. The Hall–Kier alpha value is -1.75. The highest BCUT2D eigenvalue weighted by atomic mass is 16.5. The van der Waals surface area contributed by atoms with Crippen molar-refractivity contribution < 1.29 is 14.3 Å². The molecule has 0 saturated carbocycles. The lowest BCUT2D eigenvalue weighted by atomic mass is 9.82. The zero-order valence-electron chi connectivity index (χ0n) is 13.0. The van der Waals surface area contributed by atoms with E-state index in [9.17, 15) is 4.79 Å². The van der Waals surface area contributed by atoms with Crippen LogP contribution in [-0.2, 0) is 4.79 Å². The number of piperidine rings is 1. The molecule has 0 aliphatic carbocycles. The number of amides is 1. The van der Waals surface area contributed by atoms with Crippen LogP contribution in [0.2, 0.25) is 0 Å². The third-order valence-electron chi connectivity index (χ3n) is 3.87. The quantitative estimate of drug-likeness (QED) is 0.875. The molecule has 1 atom stereocenters. The van der Waals surface area contributed by atoms with Gasteiger partial charge >= 0.3 is 0 Å². The highest BCUT2D eigenvalue weighted by Crippen LogP contribution is 2.32. The van der Waals surface area contributed by atoms with E-state index in [0.717, 1.165) is 25.1 Å². The number of anilines is 1. The van der Waals surface area contributed by atoms with Gasteiger partial charge in [-0.15, -0.1) is 0 Å². The van der Waals surface area contributed by atoms with Crippen LogP contribution in [0.1, 0.15) is 26.7 Å². The van der Waals surface area contributed by atoms with E-state index in [2.05, 4.69) is 10.6 Å². The van der Waals surface area contributed by atoms with Gasteiger partial charge in [0.15, 0.2) is 11.5 Å². The summed E-state index contributed by atoms with van der Waals surface area (Å²) in [6.45, 7) is 6.20. The molecular weight excluding hydrogens is 268 g/mol. The molecule has 0 bridgehead atoms. The van der Waals surface area contributed by atoms with Crippen LogP contribution in [0.4, 0.5) is 5.69 Å². The van der Waals surface area contributed by atoms with Gasteiger partial charge in [-0.2, -0.15) is 0 Å². The molecule has 21 heavy (non-hydrogen) atoms. The summed E-state index contributed by atoms with van der Waals surface area (Å²) in [5, 5.41) is 6.27. The van der Waals surface area contributed by atoms with E-state index in [0.29, 0.717) is 24.7 Å². The highest BCUT2D eigenvalue weighted by molar-refractivity contribution is 5.95. The molecule has 5 heteroatoms. The number of carbonyl (C=O) groups is 1. The molecule has 2 N–H and O–H groups in total. The number of hydrogen-bond acceptors (Lipinski definition) is 4. The lowest BCUT2D eigenvalue weighted by Gasteiger charge is -2.32. The summed E-state index contributed by atoms with van der Waals surface area (Å²) in [5.74, 6) is 1.35. The number of benzene rings is 1. The Kier molecular flexibility index (Phi) is 5.07. The van der Waals surface area contributed by atoms with E-state index >= 15 is 0 Å². The molecule has 2 rings (SSSR count). The number of ether oxygens (including phenoxy) is 2. The second-order valence-corrected chi connectivity index (χ2v) is 5.59. The molecule has 1 saturated heterocycles. The lowest BCUT2D eigenvalue weighted by Crippen LogP contribution is -2.46. The molecule has 116 valence electrons. The number of hydrogen-bond donors (Lipinski definition) is 2. The number of carbonyl (C=O) groups excluding carboxylic acids is 1. The molecule has 1 unspecified atom stereocenters. The Labute approximate surface area is 126 Å². The zero-order chi connectivity index (χ0) is 15.3. The fraction of sp³-hybridized carbons (Fsp3) is 0.562. The molecule has 1 amide bonds. The summed E-state index contributed by atoms with van der Waals surface area (Å²) in [6.07, 6.45) is 1.93. The Morgan fingerprint density at radius 3 is 2.86 bits per heavy atom. The van der Waals surface area contributed by atoms with E-state index < -0.39 is 0 Å². The Morgan fingerprint density at radius 1 is 1.43 bits per heavy atom. The zero-order valence-corrected chi connectivity index (χ0v) is 13.0. The third kappa shape index (κ3) is 3.67. The van der Waals surface area contributed by atoms with Gasteiger partial charge < -0.3 is 20.1 Å². The summed E-state index contributed by atoms with van der Waals surface area (Å²) in [6, 6.07) is 5.45.